The van der Waals surface area contributed by atoms with Crippen molar-refractivity contribution in [2.45, 2.75) is 0 Å². The molecule has 0 aliphatic carbocycles. The maximum absolute atomic E-state index is 12.5. The quantitative estimate of drug-likeness (QED) is 0.615. The molecular weight excluding hydrogens is 392 g/mol. The first-order chi connectivity index (χ1) is 12.5. The van der Waals surface area contributed by atoms with Gasteiger partial charge in [0.05, 0.1) is 19.2 Å². The highest BCUT2D eigenvalue weighted by molar-refractivity contribution is 7.80. The summed E-state index contributed by atoms with van der Waals surface area (Å²) in [6.07, 6.45) is 0. The largest absolute Gasteiger partial charge is 0.493 e. The molecular formula is C18H15ClN2O3S2. The first-order valence-electron chi connectivity index (χ1n) is 7.55. The number of amides is 1. The highest BCUT2D eigenvalue weighted by atomic mass is 35.5. The van der Waals surface area contributed by atoms with E-state index in [1.54, 1.807) is 32.4 Å². The molecule has 3 aromatic rings. The van der Waals surface area contributed by atoms with Crippen molar-refractivity contribution in [3.8, 4) is 11.5 Å². The molecule has 5 nitrogen and oxygen atoms in total. The van der Waals surface area contributed by atoms with Gasteiger partial charge in [-0.25, -0.2) is 0 Å². The predicted molar refractivity (Wildman–Crippen MR) is 110 cm³/mol. The van der Waals surface area contributed by atoms with Crippen molar-refractivity contribution in [1.29, 1.82) is 0 Å². The summed E-state index contributed by atoms with van der Waals surface area (Å²) in [5.41, 5.74) is 0.662. The summed E-state index contributed by atoms with van der Waals surface area (Å²) in [4.78, 5) is 12.9. The Balaban J connectivity index is 1.73. The van der Waals surface area contributed by atoms with E-state index in [4.69, 9.17) is 33.3 Å². The summed E-state index contributed by atoms with van der Waals surface area (Å²) < 4.78 is 11.4. The van der Waals surface area contributed by atoms with Crippen LogP contribution in [-0.2, 0) is 0 Å². The van der Waals surface area contributed by atoms with Gasteiger partial charge < -0.3 is 14.8 Å². The van der Waals surface area contributed by atoms with E-state index in [1.807, 2.05) is 24.3 Å². The first kappa shape index (κ1) is 18.4. The van der Waals surface area contributed by atoms with Crippen molar-refractivity contribution in [3.63, 3.8) is 0 Å². The number of nitrogens with one attached hydrogen (secondary N) is 2. The maximum Gasteiger partial charge on any atom is 0.269 e. The Morgan fingerprint density at radius 2 is 1.85 bits per heavy atom. The van der Waals surface area contributed by atoms with Crippen molar-refractivity contribution >= 4 is 61.9 Å². The van der Waals surface area contributed by atoms with Crippen LogP contribution in [0, 0.1) is 0 Å². The van der Waals surface area contributed by atoms with Gasteiger partial charge in [0.1, 0.15) is 4.88 Å². The van der Waals surface area contributed by atoms with Crippen LogP contribution in [0.5, 0.6) is 11.5 Å². The zero-order chi connectivity index (χ0) is 18.7. The second-order valence-electron chi connectivity index (χ2n) is 5.22. The van der Waals surface area contributed by atoms with Crippen molar-refractivity contribution in [3.05, 3.63) is 52.4 Å². The van der Waals surface area contributed by atoms with Crippen molar-refractivity contribution < 1.29 is 14.3 Å². The van der Waals surface area contributed by atoms with Gasteiger partial charge in [-0.3, -0.25) is 10.1 Å². The van der Waals surface area contributed by atoms with Crippen LogP contribution >= 0.6 is 35.2 Å². The molecule has 0 bridgehead atoms. The summed E-state index contributed by atoms with van der Waals surface area (Å²) in [6.45, 7) is 0. The molecule has 0 saturated heterocycles. The summed E-state index contributed by atoms with van der Waals surface area (Å²) in [7, 11) is 3.11. The minimum absolute atomic E-state index is 0.163. The molecule has 0 aliphatic heterocycles. The number of rotatable bonds is 4. The van der Waals surface area contributed by atoms with Crippen LogP contribution in [0.4, 0.5) is 5.69 Å². The molecule has 0 atom stereocenters. The summed E-state index contributed by atoms with van der Waals surface area (Å²) in [5, 5.41) is 7.04. The fourth-order valence-electron chi connectivity index (χ4n) is 2.40. The number of benzene rings is 2. The topological polar surface area (TPSA) is 59.6 Å². The first-order valence-corrected chi connectivity index (χ1v) is 9.15. The number of hydrogen-bond acceptors (Lipinski definition) is 5. The van der Waals surface area contributed by atoms with Crippen LogP contribution in [0.3, 0.4) is 0 Å². The number of anilines is 1. The number of methoxy groups -OCH3 is 2. The zero-order valence-electron chi connectivity index (χ0n) is 14.0. The third-order valence-corrected chi connectivity index (χ3v) is 5.49. The third-order valence-electron chi connectivity index (χ3n) is 3.61. The lowest BCUT2D eigenvalue weighted by atomic mass is 10.2. The lowest BCUT2D eigenvalue weighted by Gasteiger charge is -2.12. The zero-order valence-corrected chi connectivity index (χ0v) is 16.3. The minimum Gasteiger partial charge on any atom is -0.493 e. The van der Waals surface area contributed by atoms with Crippen LogP contribution in [0.2, 0.25) is 5.02 Å². The van der Waals surface area contributed by atoms with Gasteiger partial charge in [-0.15, -0.1) is 11.3 Å². The number of fused-ring (bicyclic) bond motifs is 1. The van der Waals surface area contributed by atoms with Gasteiger partial charge in [-0.2, -0.15) is 0 Å². The second kappa shape index (κ2) is 7.90. The monoisotopic (exact) mass is 406 g/mol. The molecule has 0 radical (unpaired) electrons. The van der Waals surface area contributed by atoms with Crippen molar-refractivity contribution in [2.75, 3.05) is 19.5 Å². The molecule has 0 saturated carbocycles. The van der Waals surface area contributed by atoms with E-state index < -0.39 is 0 Å². The molecule has 8 heteroatoms. The average molecular weight is 407 g/mol. The maximum atomic E-state index is 12.5. The molecule has 0 unspecified atom stereocenters. The van der Waals surface area contributed by atoms with E-state index in [2.05, 4.69) is 10.6 Å². The number of carbonyl (C=O) groups is 1. The van der Waals surface area contributed by atoms with Gasteiger partial charge in [-0.1, -0.05) is 29.8 Å². The Kier molecular flexibility index (Phi) is 5.61. The molecule has 1 amide bonds. The summed E-state index contributed by atoms with van der Waals surface area (Å²) in [6, 6.07) is 12.8. The smallest absolute Gasteiger partial charge is 0.269 e. The van der Waals surface area contributed by atoms with E-state index in [0.717, 1.165) is 10.1 Å². The fraction of sp³-hybridized carbons (Fsp3) is 0.111. The Morgan fingerprint density at radius 1 is 1.12 bits per heavy atom. The van der Waals surface area contributed by atoms with Crippen LogP contribution < -0.4 is 20.1 Å². The van der Waals surface area contributed by atoms with Gasteiger partial charge in [-0.05, 0) is 30.4 Å². The number of hydrogen-bond donors (Lipinski definition) is 2. The highest BCUT2D eigenvalue weighted by Gasteiger charge is 2.18. The van der Waals surface area contributed by atoms with Crippen LogP contribution in [0.1, 0.15) is 9.67 Å². The number of thiocarbonyl (C=S) groups is 1. The molecule has 134 valence electrons. The number of ether oxygens (including phenoxy) is 2. The van der Waals surface area contributed by atoms with E-state index in [0.29, 0.717) is 27.1 Å². The van der Waals surface area contributed by atoms with Crippen molar-refractivity contribution in [2.24, 2.45) is 0 Å². The molecule has 0 fully saturated rings. The summed E-state index contributed by atoms with van der Waals surface area (Å²) in [5.74, 6) is 0.804. The van der Waals surface area contributed by atoms with E-state index in [-0.39, 0.29) is 11.0 Å². The van der Waals surface area contributed by atoms with E-state index >= 15 is 0 Å². The Morgan fingerprint density at radius 3 is 2.54 bits per heavy atom. The number of carbonyl (C=O) groups excluding carboxylic acids is 1. The molecule has 1 heterocycles. The second-order valence-corrected chi connectivity index (χ2v) is 7.06. The molecule has 26 heavy (non-hydrogen) atoms. The van der Waals surface area contributed by atoms with Gasteiger partial charge >= 0.3 is 0 Å². The number of halogens is 1. The Labute approximate surface area is 164 Å². The SMILES string of the molecule is COc1ccc(NC(=S)NC(=O)c2sc3ccccc3c2Cl)cc1OC. The molecule has 0 spiro atoms. The Hall–Kier alpha value is -2.35. The van der Waals surface area contributed by atoms with Crippen LogP contribution in [-0.4, -0.2) is 25.2 Å². The summed E-state index contributed by atoms with van der Waals surface area (Å²) >= 11 is 12.9. The normalized spacial score (nSPS) is 10.4. The third kappa shape index (κ3) is 3.75. The van der Waals surface area contributed by atoms with Gasteiger partial charge in [0.2, 0.25) is 0 Å². The lowest BCUT2D eigenvalue weighted by molar-refractivity contribution is 0.0982. The standard InChI is InChI=1S/C18H15ClN2O3S2/c1-23-12-8-7-10(9-13(12)24-2)20-18(25)21-17(22)16-15(19)11-5-3-4-6-14(11)26-16/h3-9H,1-2H3,(H2,20,21,22,25). The Bertz CT molecular complexity index is 988. The van der Waals surface area contributed by atoms with E-state index in [1.165, 1.54) is 11.3 Å². The van der Waals surface area contributed by atoms with Gasteiger partial charge in [0.25, 0.3) is 5.91 Å². The fourth-order valence-corrected chi connectivity index (χ4v) is 4.02. The molecule has 2 N–H and O–H groups in total. The lowest BCUT2D eigenvalue weighted by Crippen LogP contribution is -2.33. The van der Waals surface area contributed by atoms with Gasteiger partial charge in [0, 0.05) is 21.8 Å². The van der Waals surface area contributed by atoms with E-state index in [9.17, 15) is 4.79 Å². The number of thiophene rings is 1. The molecule has 3 rings (SSSR count). The molecule has 1 aromatic heterocycles. The van der Waals surface area contributed by atoms with Crippen LogP contribution in [0.25, 0.3) is 10.1 Å². The molecule has 2 aromatic carbocycles. The minimum atomic E-state index is -0.353. The highest BCUT2D eigenvalue weighted by Crippen LogP contribution is 2.35. The van der Waals surface area contributed by atoms with Crippen molar-refractivity contribution in [1.82, 2.24) is 5.32 Å². The predicted octanol–water partition coefficient (Wildman–Crippen LogP) is 4.70. The van der Waals surface area contributed by atoms with Gasteiger partial charge in [0.15, 0.2) is 16.6 Å². The van der Waals surface area contributed by atoms with Crippen LogP contribution in [0.15, 0.2) is 42.5 Å². The average Bonchev–Trinajstić information content (AvgIpc) is 2.98. The molecule has 0 aliphatic rings.